The molecular weight excluding hydrogens is 292 g/mol. The van der Waals surface area contributed by atoms with Gasteiger partial charge in [-0.2, -0.15) is 0 Å². The molecule has 2 heterocycles. The molecule has 0 aliphatic rings. The molecule has 0 fully saturated rings. The lowest BCUT2D eigenvalue weighted by molar-refractivity contribution is 0.0690. The van der Waals surface area contributed by atoms with Gasteiger partial charge in [-0.3, -0.25) is 4.40 Å². The summed E-state index contributed by atoms with van der Waals surface area (Å²) in [6.45, 7) is 6.02. The van der Waals surface area contributed by atoms with E-state index >= 15 is 0 Å². The van der Waals surface area contributed by atoms with Crippen molar-refractivity contribution in [2.45, 2.75) is 6.92 Å². The fourth-order valence-electron chi connectivity index (χ4n) is 2.36. The van der Waals surface area contributed by atoms with E-state index in [4.69, 9.17) is 4.74 Å². The van der Waals surface area contributed by atoms with Crippen LogP contribution >= 0.6 is 0 Å². The van der Waals surface area contributed by atoms with E-state index < -0.39 is 5.97 Å². The van der Waals surface area contributed by atoms with Crippen LogP contribution in [0.15, 0.2) is 60.8 Å². The number of rotatable bonds is 5. The molecule has 0 atom stereocenters. The minimum absolute atomic E-state index is 0.118. The first-order valence-corrected chi connectivity index (χ1v) is 7.15. The second-order valence-corrected chi connectivity index (χ2v) is 5.29. The topological polar surface area (TPSA) is 63.8 Å². The van der Waals surface area contributed by atoms with Gasteiger partial charge in [-0.25, -0.2) is 9.78 Å². The van der Waals surface area contributed by atoms with Gasteiger partial charge in [0.1, 0.15) is 12.3 Å². The first-order chi connectivity index (χ1) is 11.1. The van der Waals surface area contributed by atoms with E-state index in [2.05, 4.69) is 11.6 Å². The summed E-state index contributed by atoms with van der Waals surface area (Å²) in [5.74, 6) is -0.506. The number of pyridine rings is 1. The number of fused-ring (bicyclic) bond motifs is 1. The van der Waals surface area contributed by atoms with Crippen molar-refractivity contribution in [3.63, 3.8) is 0 Å². The van der Waals surface area contributed by atoms with Gasteiger partial charge in [-0.05, 0) is 24.6 Å². The van der Waals surface area contributed by atoms with Gasteiger partial charge < -0.3 is 9.84 Å². The van der Waals surface area contributed by atoms with Crippen molar-refractivity contribution in [1.29, 1.82) is 0 Å². The average Bonchev–Trinajstić information content (AvgIpc) is 2.93. The van der Waals surface area contributed by atoms with E-state index in [1.54, 1.807) is 22.7 Å². The van der Waals surface area contributed by atoms with Crippen molar-refractivity contribution < 1.29 is 14.6 Å². The molecule has 5 heteroatoms. The molecule has 116 valence electrons. The van der Waals surface area contributed by atoms with E-state index in [-0.39, 0.29) is 5.69 Å². The van der Waals surface area contributed by atoms with Gasteiger partial charge in [0.05, 0.1) is 0 Å². The maximum atomic E-state index is 11.7. The highest BCUT2D eigenvalue weighted by molar-refractivity contribution is 5.95. The Morgan fingerprint density at radius 3 is 2.65 bits per heavy atom. The fraction of sp³-hybridized carbons (Fsp3) is 0.111. The number of aromatic nitrogens is 2. The van der Waals surface area contributed by atoms with Crippen LogP contribution in [0.3, 0.4) is 0 Å². The van der Waals surface area contributed by atoms with Crippen molar-refractivity contribution in [2.24, 2.45) is 0 Å². The quantitative estimate of drug-likeness (QED) is 0.731. The normalized spacial score (nSPS) is 10.7. The summed E-state index contributed by atoms with van der Waals surface area (Å²) in [5.41, 5.74) is 2.64. The lowest BCUT2D eigenvalue weighted by atomic mass is 10.1. The van der Waals surface area contributed by atoms with Crippen molar-refractivity contribution in [3.8, 4) is 17.0 Å². The molecule has 3 aromatic rings. The third kappa shape index (κ3) is 2.81. The summed E-state index contributed by atoms with van der Waals surface area (Å²) < 4.78 is 7.23. The summed E-state index contributed by atoms with van der Waals surface area (Å²) in [7, 11) is 0. The second-order valence-electron chi connectivity index (χ2n) is 5.29. The Hall–Kier alpha value is -3.08. The summed E-state index contributed by atoms with van der Waals surface area (Å²) in [6.07, 6.45) is 1.67. The Kier molecular flexibility index (Phi) is 3.85. The Morgan fingerprint density at radius 2 is 2.00 bits per heavy atom. The lowest BCUT2D eigenvalue weighted by Crippen LogP contribution is -2.04. The molecule has 0 spiro atoms. The van der Waals surface area contributed by atoms with E-state index in [1.165, 1.54) is 0 Å². The third-order valence-corrected chi connectivity index (χ3v) is 3.34. The van der Waals surface area contributed by atoms with Crippen LogP contribution in [0.1, 0.15) is 17.4 Å². The van der Waals surface area contributed by atoms with Crippen molar-refractivity contribution in [2.75, 3.05) is 6.61 Å². The minimum Gasteiger partial charge on any atom is -0.485 e. The highest BCUT2D eigenvalue weighted by Crippen LogP contribution is 2.28. The molecule has 0 bridgehead atoms. The molecule has 0 saturated carbocycles. The van der Waals surface area contributed by atoms with E-state index in [1.807, 2.05) is 37.3 Å². The second kappa shape index (κ2) is 5.96. The predicted octanol–water partition coefficient (Wildman–Crippen LogP) is 3.65. The number of aromatic carboxylic acids is 1. The van der Waals surface area contributed by atoms with Gasteiger partial charge >= 0.3 is 5.97 Å². The standard InChI is InChI=1S/C18H16N2O3/c1-12(2)11-23-14-9-6-10-20-16(18(21)22)15(19-17(14)20)13-7-4-3-5-8-13/h3-10H,1,11H2,2H3,(H,21,22). The summed E-state index contributed by atoms with van der Waals surface area (Å²) >= 11 is 0. The molecule has 23 heavy (non-hydrogen) atoms. The van der Waals surface area contributed by atoms with Gasteiger partial charge in [-0.15, -0.1) is 0 Å². The molecule has 1 aromatic carbocycles. The van der Waals surface area contributed by atoms with Crippen LogP contribution in [0.4, 0.5) is 0 Å². The smallest absolute Gasteiger partial charge is 0.355 e. The SMILES string of the molecule is C=C(C)COc1cccn2c(C(=O)O)c(-c3ccccc3)nc12. The molecule has 0 amide bonds. The van der Waals surface area contributed by atoms with Crippen LogP contribution in [0.25, 0.3) is 16.9 Å². The van der Waals surface area contributed by atoms with Gasteiger partial charge in [0.25, 0.3) is 0 Å². The summed E-state index contributed by atoms with van der Waals surface area (Å²) in [6, 6.07) is 12.8. The maximum absolute atomic E-state index is 11.7. The fourth-order valence-corrected chi connectivity index (χ4v) is 2.36. The average molecular weight is 308 g/mol. The number of nitrogens with zero attached hydrogens (tertiary/aromatic N) is 2. The molecule has 0 radical (unpaired) electrons. The maximum Gasteiger partial charge on any atom is 0.355 e. The number of carboxylic acid groups (broad SMARTS) is 1. The molecule has 5 nitrogen and oxygen atoms in total. The Morgan fingerprint density at radius 1 is 1.26 bits per heavy atom. The molecule has 0 saturated heterocycles. The van der Waals surface area contributed by atoms with Crippen LogP contribution < -0.4 is 4.74 Å². The van der Waals surface area contributed by atoms with Gasteiger partial charge in [0.15, 0.2) is 17.1 Å². The molecule has 0 aliphatic heterocycles. The lowest BCUT2D eigenvalue weighted by Gasteiger charge is -2.06. The summed E-state index contributed by atoms with van der Waals surface area (Å²) in [4.78, 5) is 16.2. The number of hydrogen-bond acceptors (Lipinski definition) is 3. The van der Waals surface area contributed by atoms with Crippen LogP contribution in [-0.4, -0.2) is 27.1 Å². The Bertz CT molecular complexity index is 882. The summed E-state index contributed by atoms with van der Waals surface area (Å²) in [5, 5.41) is 9.61. The largest absolute Gasteiger partial charge is 0.485 e. The highest BCUT2D eigenvalue weighted by atomic mass is 16.5. The Labute approximate surface area is 133 Å². The molecule has 0 aliphatic carbocycles. The van der Waals surface area contributed by atoms with Gasteiger partial charge in [0.2, 0.25) is 0 Å². The number of benzene rings is 1. The van der Waals surface area contributed by atoms with Gasteiger partial charge in [0, 0.05) is 11.8 Å². The van der Waals surface area contributed by atoms with Gasteiger partial charge in [-0.1, -0.05) is 36.9 Å². The number of ether oxygens (including phenoxy) is 1. The molecule has 2 aromatic heterocycles. The van der Waals surface area contributed by atoms with Crippen LogP contribution in [0.5, 0.6) is 5.75 Å². The molecule has 0 unspecified atom stereocenters. The monoisotopic (exact) mass is 308 g/mol. The van der Waals surface area contributed by atoms with E-state index in [0.717, 1.165) is 11.1 Å². The first-order valence-electron chi connectivity index (χ1n) is 7.15. The molecule has 3 rings (SSSR count). The van der Waals surface area contributed by atoms with E-state index in [9.17, 15) is 9.90 Å². The first kappa shape index (κ1) is 14.8. The molecular formula is C18H16N2O3. The van der Waals surface area contributed by atoms with E-state index in [0.29, 0.717) is 23.7 Å². The zero-order valence-corrected chi connectivity index (χ0v) is 12.7. The third-order valence-electron chi connectivity index (χ3n) is 3.34. The van der Waals surface area contributed by atoms with Crippen LogP contribution in [0, 0.1) is 0 Å². The molecule has 1 N–H and O–H groups in total. The van der Waals surface area contributed by atoms with Crippen molar-refractivity contribution >= 4 is 11.6 Å². The zero-order chi connectivity index (χ0) is 16.4. The van der Waals surface area contributed by atoms with Crippen molar-refractivity contribution in [1.82, 2.24) is 9.38 Å². The minimum atomic E-state index is -1.03. The number of carboxylic acids is 1. The van der Waals surface area contributed by atoms with Crippen LogP contribution in [-0.2, 0) is 0 Å². The number of hydrogen-bond donors (Lipinski definition) is 1. The Balaban J connectivity index is 2.21. The van der Waals surface area contributed by atoms with Crippen molar-refractivity contribution in [3.05, 3.63) is 66.5 Å². The zero-order valence-electron chi connectivity index (χ0n) is 12.7. The number of imidazole rings is 1. The van der Waals surface area contributed by atoms with Crippen LogP contribution in [0.2, 0.25) is 0 Å². The number of carbonyl (C=O) groups is 1. The predicted molar refractivity (Wildman–Crippen MR) is 87.9 cm³/mol. The highest BCUT2D eigenvalue weighted by Gasteiger charge is 2.21.